The van der Waals surface area contributed by atoms with Crippen LogP contribution < -0.4 is 0 Å². The van der Waals surface area contributed by atoms with Crippen molar-refractivity contribution in [2.24, 2.45) is 5.92 Å². The van der Waals surface area contributed by atoms with Crippen molar-refractivity contribution in [3.8, 4) is 0 Å². The molecule has 4 heteroatoms. The number of amides is 2. The zero-order valence-corrected chi connectivity index (χ0v) is 10.4. The number of fused-ring (bicyclic) bond motifs is 1. The molecule has 0 saturated carbocycles. The van der Waals surface area contributed by atoms with Crippen LogP contribution in [0.2, 0.25) is 0 Å². The quantitative estimate of drug-likeness (QED) is 0.706. The molecule has 1 aromatic carbocycles. The van der Waals surface area contributed by atoms with Crippen LogP contribution in [0, 0.1) is 5.92 Å². The molecule has 1 atom stereocenters. The van der Waals surface area contributed by atoms with Gasteiger partial charge in [-0.3, -0.25) is 9.59 Å². The minimum absolute atomic E-state index is 0.0496. The molecule has 1 aromatic rings. The number of hydrazine groups is 1. The minimum atomic E-state index is -0.0640. The number of hydrogen-bond donors (Lipinski definition) is 0. The summed E-state index contributed by atoms with van der Waals surface area (Å²) in [5.74, 6) is -0.170. The van der Waals surface area contributed by atoms with Crippen LogP contribution in [0.25, 0.3) is 0 Å². The SMILES string of the molecule is CC1CCC(=O)N(N2Cc3ccccc3C2)C1=O. The summed E-state index contributed by atoms with van der Waals surface area (Å²) in [6, 6.07) is 8.09. The zero-order valence-electron chi connectivity index (χ0n) is 10.4. The average molecular weight is 244 g/mol. The third-order valence-corrected chi connectivity index (χ3v) is 3.76. The molecular formula is C14H16N2O2. The first kappa shape index (κ1) is 11.4. The van der Waals surface area contributed by atoms with Crippen LogP contribution >= 0.6 is 0 Å². The number of hydrogen-bond acceptors (Lipinski definition) is 3. The summed E-state index contributed by atoms with van der Waals surface area (Å²) in [5, 5.41) is 3.24. The molecule has 1 saturated heterocycles. The van der Waals surface area contributed by atoms with Gasteiger partial charge in [-0.2, -0.15) is 0 Å². The summed E-state index contributed by atoms with van der Waals surface area (Å²) in [4.78, 5) is 24.1. The van der Waals surface area contributed by atoms with Crippen LogP contribution in [0.3, 0.4) is 0 Å². The van der Waals surface area contributed by atoms with Gasteiger partial charge < -0.3 is 0 Å². The monoisotopic (exact) mass is 244 g/mol. The Hall–Kier alpha value is -1.68. The van der Waals surface area contributed by atoms with E-state index < -0.39 is 0 Å². The van der Waals surface area contributed by atoms with E-state index in [0.717, 1.165) is 0 Å². The maximum atomic E-state index is 12.1. The van der Waals surface area contributed by atoms with Crippen LogP contribution in [0.1, 0.15) is 30.9 Å². The van der Waals surface area contributed by atoms with Gasteiger partial charge in [-0.05, 0) is 17.5 Å². The summed E-state index contributed by atoms with van der Waals surface area (Å²) in [7, 11) is 0. The summed E-state index contributed by atoms with van der Waals surface area (Å²) in [6.07, 6.45) is 1.15. The number of carbonyl (C=O) groups is 2. The largest absolute Gasteiger partial charge is 0.273 e. The molecule has 0 radical (unpaired) electrons. The van der Waals surface area contributed by atoms with Gasteiger partial charge in [-0.1, -0.05) is 31.2 Å². The Bertz CT molecular complexity index is 487. The lowest BCUT2D eigenvalue weighted by atomic mass is 10.00. The third kappa shape index (κ3) is 1.73. The predicted molar refractivity (Wildman–Crippen MR) is 65.9 cm³/mol. The molecular weight excluding hydrogens is 228 g/mol. The molecule has 1 unspecified atom stereocenters. The molecule has 2 aliphatic heterocycles. The van der Waals surface area contributed by atoms with Crippen molar-refractivity contribution in [1.82, 2.24) is 10.0 Å². The Morgan fingerprint density at radius 3 is 2.33 bits per heavy atom. The highest BCUT2D eigenvalue weighted by atomic mass is 16.2. The van der Waals surface area contributed by atoms with Gasteiger partial charge in [0.05, 0.1) is 0 Å². The molecule has 18 heavy (non-hydrogen) atoms. The molecule has 2 aliphatic rings. The Morgan fingerprint density at radius 1 is 1.11 bits per heavy atom. The maximum absolute atomic E-state index is 12.1. The van der Waals surface area contributed by atoms with Gasteiger partial charge in [0.1, 0.15) is 0 Å². The van der Waals surface area contributed by atoms with Crippen LogP contribution in [0.15, 0.2) is 24.3 Å². The molecule has 94 valence electrons. The fraction of sp³-hybridized carbons (Fsp3) is 0.429. The summed E-state index contributed by atoms with van der Waals surface area (Å²) >= 11 is 0. The molecule has 2 heterocycles. The van der Waals surface area contributed by atoms with E-state index in [-0.39, 0.29) is 17.7 Å². The normalized spacial score (nSPS) is 24.5. The predicted octanol–water partition coefficient (Wildman–Crippen LogP) is 1.70. The second kappa shape index (κ2) is 4.21. The molecule has 2 amide bonds. The topological polar surface area (TPSA) is 40.6 Å². The standard InChI is InChI=1S/C14H16N2O2/c1-10-6-7-13(17)16(14(10)18)15-8-11-4-2-3-5-12(11)9-15/h2-5,10H,6-9H2,1H3. The van der Waals surface area contributed by atoms with E-state index in [0.29, 0.717) is 25.9 Å². The van der Waals surface area contributed by atoms with Crippen molar-refractivity contribution < 1.29 is 9.59 Å². The highest BCUT2D eigenvalue weighted by Gasteiger charge is 2.37. The Balaban J connectivity index is 1.85. The Labute approximate surface area is 106 Å². The fourth-order valence-electron chi connectivity index (χ4n) is 2.65. The molecule has 3 rings (SSSR count). The Kier molecular flexibility index (Phi) is 2.67. The van der Waals surface area contributed by atoms with E-state index in [4.69, 9.17) is 0 Å². The Morgan fingerprint density at radius 2 is 1.72 bits per heavy atom. The van der Waals surface area contributed by atoms with E-state index in [9.17, 15) is 9.59 Å². The van der Waals surface area contributed by atoms with E-state index >= 15 is 0 Å². The van der Waals surface area contributed by atoms with Crippen molar-refractivity contribution >= 4 is 11.8 Å². The van der Waals surface area contributed by atoms with Gasteiger partial charge in [-0.25, -0.2) is 10.0 Å². The first-order valence-corrected chi connectivity index (χ1v) is 6.35. The van der Waals surface area contributed by atoms with Crippen molar-refractivity contribution in [2.45, 2.75) is 32.9 Å². The van der Waals surface area contributed by atoms with Gasteiger partial charge in [0.15, 0.2) is 0 Å². The van der Waals surface area contributed by atoms with Crippen molar-refractivity contribution in [3.63, 3.8) is 0 Å². The van der Waals surface area contributed by atoms with Gasteiger partial charge in [-0.15, -0.1) is 0 Å². The highest BCUT2D eigenvalue weighted by Crippen LogP contribution is 2.28. The summed E-state index contributed by atoms with van der Waals surface area (Å²) in [5.41, 5.74) is 2.41. The number of imide groups is 1. The van der Waals surface area contributed by atoms with E-state index in [1.807, 2.05) is 24.1 Å². The first-order chi connectivity index (χ1) is 8.66. The van der Waals surface area contributed by atoms with Gasteiger partial charge in [0, 0.05) is 25.4 Å². The number of carbonyl (C=O) groups excluding carboxylic acids is 2. The molecule has 0 bridgehead atoms. The van der Waals surface area contributed by atoms with Crippen LogP contribution in [0.5, 0.6) is 0 Å². The second-order valence-corrected chi connectivity index (χ2v) is 5.07. The van der Waals surface area contributed by atoms with Gasteiger partial charge >= 0.3 is 0 Å². The number of benzene rings is 1. The lowest BCUT2D eigenvalue weighted by Crippen LogP contribution is -2.52. The average Bonchev–Trinajstić information content (AvgIpc) is 2.77. The van der Waals surface area contributed by atoms with Crippen LogP contribution in [-0.2, 0) is 22.7 Å². The van der Waals surface area contributed by atoms with E-state index in [1.165, 1.54) is 16.1 Å². The van der Waals surface area contributed by atoms with Crippen molar-refractivity contribution in [1.29, 1.82) is 0 Å². The van der Waals surface area contributed by atoms with Crippen LogP contribution in [0.4, 0.5) is 0 Å². The summed E-state index contributed by atoms with van der Waals surface area (Å²) in [6.45, 7) is 3.20. The molecule has 0 aromatic heterocycles. The molecule has 0 aliphatic carbocycles. The third-order valence-electron chi connectivity index (χ3n) is 3.76. The molecule has 0 N–H and O–H groups in total. The van der Waals surface area contributed by atoms with Crippen LogP contribution in [-0.4, -0.2) is 21.8 Å². The maximum Gasteiger partial charge on any atom is 0.246 e. The zero-order chi connectivity index (χ0) is 12.7. The molecule has 1 fully saturated rings. The van der Waals surface area contributed by atoms with E-state index in [1.54, 1.807) is 0 Å². The number of nitrogens with zero attached hydrogens (tertiary/aromatic N) is 2. The number of rotatable bonds is 1. The lowest BCUT2D eigenvalue weighted by molar-refractivity contribution is -0.172. The number of piperidine rings is 1. The summed E-state index contributed by atoms with van der Waals surface area (Å²) < 4.78 is 0. The van der Waals surface area contributed by atoms with Crippen molar-refractivity contribution in [2.75, 3.05) is 0 Å². The van der Waals surface area contributed by atoms with Gasteiger partial charge in [0.25, 0.3) is 0 Å². The van der Waals surface area contributed by atoms with Crippen molar-refractivity contribution in [3.05, 3.63) is 35.4 Å². The highest BCUT2D eigenvalue weighted by molar-refractivity contribution is 5.98. The smallest absolute Gasteiger partial charge is 0.246 e. The first-order valence-electron chi connectivity index (χ1n) is 6.35. The van der Waals surface area contributed by atoms with Gasteiger partial charge in [0.2, 0.25) is 11.8 Å². The minimum Gasteiger partial charge on any atom is -0.273 e. The molecule has 4 nitrogen and oxygen atoms in total. The van der Waals surface area contributed by atoms with E-state index in [2.05, 4.69) is 12.1 Å². The lowest BCUT2D eigenvalue weighted by Gasteiger charge is -2.35. The second-order valence-electron chi connectivity index (χ2n) is 5.07. The fourth-order valence-corrected chi connectivity index (χ4v) is 2.65. The molecule has 0 spiro atoms.